The number of aromatic nitrogens is 5. The van der Waals surface area contributed by atoms with E-state index >= 15 is 0 Å². The van der Waals surface area contributed by atoms with Gasteiger partial charge in [0.1, 0.15) is 0 Å². The van der Waals surface area contributed by atoms with Gasteiger partial charge >= 0.3 is 382 Å². The van der Waals surface area contributed by atoms with Crippen LogP contribution in [-0.4, -0.2) is 23.3 Å². The van der Waals surface area contributed by atoms with E-state index in [1.807, 2.05) is 153 Å². The van der Waals surface area contributed by atoms with E-state index in [2.05, 4.69) is 50.8 Å². The molecule has 1 aliphatic heterocycles. The molecule has 0 radical (unpaired) electrons. The Kier molecular flexibility index (Phi) is 7.49. The molecule has 0 aliphatic carbocycles. The van der Waals surface area contributed by atoms with Crippen molar-refractivity contribution >= 4 is 54.6 Å². The third-order valence-electron chi connectivity index (χ3n) is 13.6. The van der Waals surface area contributed by atoms with Crippen LogP contribution in [0.5, 0.6) is 23.0 Å². The summed E-state index contributed by atoms with van der Waals surface area (Å²) in [7, 11) is 0. The van der Waals surface area contributed by atoms with Gasteiger partial charge in [0.05, 0.1) is 0 Å². The Balaban J connectivity index is 1.02. The van der Waals surface area contributed by atoms with Gasteiger partial charge < -0.3 is 4.74 Å². The second kappa shape index (κ2) is 16.3. The fourth-order valence-corrected chi connectivity index (χ4v) is 11.6. The average Bonchev–Trinajstić information content (AvgIpc) is 3.17. The number of pyridine rings is 1. The molecule has 14 rings (SSSR count). The molecular formula is C64H45N5O2Pt. The predicted molar refractivity (Wildman–Crippen MR) is 288 cm³/mol. The molecule has 0 fully saturated rings. The Labute approximate surface area is 440 Å². The minimum absolute atomic E-state index is 0.146. The standard InChI is InChI=1S/C64H45N5O2.Pt/c1-64(2,3)53-34-35-65-63-62(53)71-59-31-17-26-50-49-33-32-46(39-58(49)69(63)61(50)59)70-45-23-16-22-43(36-45)66-40-67(57-30-15-14-29-56(57)66)60-51(41-18-6-4-7-19-41)37-44(38-52(60)42-20-8-5-9-21-42)68-54-27-12-10-24-47(54)48-25-11-13-28-55(48)68;/h4-39H,1-3H3;/i4D,5D,6D,7D,8D,9D,18D,19D,20D,21D;. The summed E-state index contributed by atoms with van der Waals surface area (Å²) in [5.41, 5.74) is 6.82. The number of ether oxygens (including phenoxy) is 2. The maximum atomic E-state index is 9.56. The van der Waals surface area contributed by atoms with E-state index in [0.717, 1.165) is 54.9 Å². The molecule has 0 unspecified atom stereocenters. The summed E-state index contributed by atoms with van der Waals surface area (Å²) in [6, 6.07) is 43.1. The monoisotopic (exact) mass is 1120 g/mol. The molecule has 0 spiro atoms. The van der Waals surface area contributed by atoms with Crippen LogP contribution in [-0.2, 0) is 24.8 Å². The first-order valence-electron chi connectivity index (χ1n) is 28.5. The Bertz CT molecular complexity index is 4830. The summed E-state index contributed by atoms with van der Waals surface area (Å²) >= 11 is 2.20. The molecular weight excluding hydrogens is 1070 g/mol. The average molecular weight is 1120 g/mol. The summed E-state index contributed by atoms with van der Waals surface area (Å²) < 4.78 is 114. The van der Waals surface area contributed by atoms with E-state index in [1.165, 1.54) is 0 Å². The first kappa shape index (κ1) is 33.1. The molecule has 0 atom stereocenters. The second-order valence-corrected chi connectivity index (χ2v) is 19.8. The Morgan fingerprint density at radius 2 is 1.10 bits per heavy atom. The summed E-state index contributed by atoms with van der Waals surface area (Å²) in [4.78, 5) is 4.88. The molecule has 9 aromatic carbocycles. The van der Waals surface area contributed by atoms with Gasteiger partial charge in [-0.1, -0.05) is 26.8 Å². The summed E-state index contributed by atoms with van der Waals surface area (Å²) in [5, 5.41) is 3.86. The van der Waals surface area contributed by atoms with Crippen LogP contribution in [0.25, 0.3) is 99.8 Å². The molecule has 348 valence electrons. The van der Waals surface area contributed by atoms with Crippen molar-refractivity contribution in [3.8, 4) is 68.1 Å². The van der Waals surface area contributed by atoms with Crippen LogP contribution in [0.3, 0.4) is 0 Å². The fraction of sp³-hybridized carbons (Fsp3) is 0.0625. The van der Waals surface area contributed by atoms with Crippen molar-refractivity contribution in [2.75, 3.05) is 0 Å². The van der Waals surface area contributed by atoms with Crippen molar-refractivity contribution in [3.63, 3.8) is 0 Å². The zero-order valence-electron chi connectivity index (χ0n) is 48.9. The number of hydrogen-bond donors (Lipinski definition) is 0. The zero-order valence-corrected chi connectivity index (χ0v) is 41.2. The molecule has 7 nitrogen and oxygen atoms in total. The van der Waals surface area contributed by atoms with Crippen LogP contribution in [0.2, 0.25) is 0 Å². The van der Waals surface area contributed by atoms with Gasteiger partial charge in [-0.25, -0.2) is 0 Å². The number of nitrogens with zero attached hydrogens (tertiary/aromatic N) is 5. The SMILES string of the molecule is [2H]c1c([2H])c([2H])c(-c2cc(-n3c4ccccc4c4ccccc43)cc(-c3c([2H])c([2H])c([2H])c([2H])c3[2H])c2-n2[c](=[Pt])n(-c3cccc(Oc4ccc5c6cccc7c6n(c5c4)-c4nccc(C(C)(C)C)c4O7)c3)c3ccccc32)c([2H])c1[2H]. The minimum atomic E-state index is -0.581. The number of para-hydroxylation sites is 5. The molecule has 5 heterocycles. The molecule has 0 saturated heterocycles. The zero-order chi connectivity index (χ0) is 56.9. The van der Waals surface area contributed by atoms with Gasteiger partial charge in [-0.05, 0) is 17.5 Å². The first-order valence-corrected chi connectivity index (χ1v) is 24.6. The van der Waals surface area contributed by atoms with Crippen LogP contribution in [0.1, 0.15) is 40.0 Å². The van der Waals surface area contributed by atoms with Crippen LogP contribution in [0.15, 0.2) is 218 Å². The van der Waals surface area contributed by atoms with Crippen molar-refractivity contribution in [3.05, 3.63) is 228 Å². The Morgan fingerprint density at radius 1 is 0.514 bits per heavy atom. The second-order valence-electron chi connectivity index (χ2n) is 18.8. The Hall–Kier alpha value is -8.51. The van der Waals surface area contributed by atoms with E-state index in [4.69, 9.17) is 22.7 Å². The van der Waals surface area contributed by atoms with Gasteiger partial charge in [0.25, 0.3) is 0 Å². The molecule has 8 heteroatoms. The van der Waals surface area contributed by atoms with Gasteiger partial charge in [-0.15, -0.1) is 0 Å². The Morgan fingerprint density at radius 3 is 1.76 bits per heavy atom. The van der Waals surface area contributed by atoms with E-state index < -0.39 is 60.4 Å². The third-order valence-corrected chi connectivity index (χ3v) is 14.6. The van der Waals surface area contributed by atoms with Gasteiger partial charge in [0.2, 0.25) is 0 Å². The van der Waals surface area contributed by atoms with Crippen LogP contribution < -0.4 is 9.47 Å². The van der Waals surface area contributed by atoms with Crippen molar-refractivity contribution in [2.24, 2.45) is 0 Å². The van der Waals surface area contributed by atoms with Gasteiger partial charge in [0.15, 0.2) is 0 Å². The van der Waals surface area contributed by atoms with Crippen LogP contribution in [0.4, 0.5) is 0 Å². The molecule has 13 aromatic rings. The van der Waals surface area contributed by atoms with Gasteiger partial charge in [0, 0.05) is 11.8 Å². The van der Waals surface area contributed by atoms with E-state index in [-0.39, 0.29) is 33.4 Å². The van der Waals surface area contributed by atoms with Crippen molar-refractivity contribution < 1.29 is 42.5 Å². The topological polar surface area (TPSA) is 51.1 Å². The normalized spacial score (nSPS) is 14.2. The van der Waals surface area contributed by atoms with Gasteiger partial charge in [-0.3, -0.25) is 0 Å². The third kappa shape index (κ3) is 6.54. The van der Waals surface area contributed by atoms with Crippen molar-refractivity contribution in [1.29, 1.82) is 0 Å². The summed E-state index contributed by atoms with van der Waals surface area (Å²) in [6.07, 6.45) is 1.82. The summed E-state index contributed by atoms with van der Waals surface area (Å²) in [6.45, 7) is 6.46. The van der Waals surface area contributed by atoms with Crippen molar-refractivity contribution in [2.45, 2.75) is 26.2 Å². The maximum absolute atomic E-state index is 9.56. The van der Waals surface area contributed by atoms with Crippen LogP contribution in [0, 0.1) is 3.80 Å². The molecule has 4 aromatic heterocycles. The summed E-state index contributed by atoms with van der Waals surface area (Å²) in [5.74, 6) is 3.22. The van der Waals surface area contributed by atoms with Gasteiger partial charge in [-0.2, -0.15) is 0 Å². The van der Waals surface area contributed by atoms with Crippen molar-refractivity contribution in [1.82, 2.24) is 23.3 Å². The van der Waals surface area contributed by atoms with Crippen LogP contribution >= 0.6 is 0 Å². The van der Waals surface area contributed by atoms with E-state index in [9.17, 15) is 5.48 Å². The van der Waals surface area contributed by atoms with E-state index in [0.29, 0.717) is 49.3 Å². The molecule has 0 saturated carbocycles. The molecule has 0 N–H and O–H groups in total. The number of rotatable bonds is 7. The predicted octanol–water partition coefficient (Wildman–Crippen LogP) is 16.6. The quantitative estimate of drug-likeness (QED) is 0.160. The molecule has 0 amide bonds. The number of imidazole rings is 1. The number of hydrogen-bond acceptors (Lipinski definition) is 3. The number of fused-ring (bicyclic) bond motifs is 9. The number of benzene rings is 9. The molecule has 72 heavy (non-hydrogen) atoms. The fourth-order valence-electron chi connectivity index (χ4n) is 10.5. The van der Waals surface area contributed by atoms with E-state index in [1.54, 1.807) is 12.1 Å². The first-order chi connectivity index (χ1) is 39.4. The molecule has 0 bridgehead atoms. The molecule has 1 aliphatic rings.